The van der Waals surface area contributed by atoms with Gasteiger partial charge in [0.2, 0.25) is 0 Å². The van der Waals surface area contributed by atoms with Crippen molar-refractivity contribution in [2.24, 2.45) is 0 Å². The number of nitrogens with one attached hydrogen (secondary N) is 1. The molecule has 56 valence electrons. The van der Waals surface area contributed by atoms with Crippen LogP contribution >= 0.6 is 11.6 Å². The average molecular weight is 168 g/mol. The number of benzene rings is 1. The van der Waals surface area contributed by atoms with Gasteiger partial charge in [0.25, 0.3) is 0 Å². The number of aromatic nitrogens is 1. The Balaban J connectivity index is 2.94. The summed E-state index contributed by atoms with van der Waals surface area (Å²) in [6.07, 6.45) is 1.66. The van der Waals surface area contributed by atoms with Gasteiger partial charge in [0.1, 0.15) is 5.75 Å². The predicted molar refractivity (Wildman–Crippen MR) is 45.0 cm³/mol. The summed E-state index contributed by atoms with van der Waals surface area (Å²) in [6, 6.07) is 5.24. The molecule has 1 aromatic heterocycles. The minimum Gasteiger partial charge on any atom is -0.506 e. The standard InChI is InChI=1S/C8H6ClNO/c9-6-4-10-8-5(6)2-1-3-7(8)11/h1-4,10-11H. The van der Waals surface area contributed by atoms with Crippen LogP contribution in [0.25, 0.3) is 10.9 Å². The van der Waals surface area contributed by atoms with E-state index in [9.17, 15) is 5.11 Å². The molecule has 0 unspecified atom stereocenters. The quantitative estimate of drug-likeness (QED) is 0.622. The van der Waals surface area contributed by atoms with Gasteiger partial charge in [-0.15, -0.1) is 0 Å². The maximum atomic E-state index is 9.29. The smallest absolute Gasteiger partial charge is 0.139 e. The van der Waals surface area contributed by atoms with Crippen LogP contribution in [0.3, 0.4) is 0 Å². The largest absolute Gasteiger partial charge is 0.506 e. The number of aromatic amines is 1. The third kappa shape index (κ3) is 0.870. The zero-order valence-electron chi connectivity index (χ0n) is 5.63. The summed E-state index contributed by atoms with van der Waals surface area (Å²) in [5.74, 6) is 0.231. The number of halogens is 1. The van der Waals surface area contributed by atoms with Crippen molar-refractivity contribution in [2.45, 2.75) is 0 Å². The molecule has 2 aromatic rings. The highest BCUT2D eigenvalue weighted by Gasteiger charge is 2.02. The van der Waals surface area contributed by atoms with E-state index < -0.39 is 0 Å². The molecular weight excluding hydrogens is 162 g/mol. The number of phenols is 1. The molecule has 0 spiro atoms. The van der Waals surface area contributed by atoms with Gasteiger partial charge < -0.3 is 10.1 Å². The first-order chi connectivity index (χ1) is 5.29. The third-order valence-electron chi connectivity index (χ3n) is 1.64. The van der Waals surface area contributed by atoms with Crippen LogP contribution in [-0.4, -0.2) is 10.1 Å². The lowest BCUT2D eigenvalue weighted by molar-refractivity contribution is 0.480. The van der Waals surface area contributed by atoms with Crippen molar-refractivity contribution >= 4 is 22.5 Å². The first kappa shape index (κ1) is 6.55. The molecule has 11 heavy (non-hydrogen) atoms. The van der Waals surface area contributed by atoms with E-state index in [1.165, 1.54) is 0 Å². The maximum Gasteiger partial charge on any atom is 0.139 e. The second-order valence-corrected chi connectivity index (χ2v) is 2.74. The van der Waals surface area contributed by atoms with Crippen LogP contribution < -0.4 is 0 Å². The molecule has 0 saturated heterocycles. The van der Waals surface area contributed by atoms with Crippen molar-refractivity contribution in [1.29, 1.82) is 0 Å². The van der Waals surface area contributed by atoms with Crippen molar-refractivity contribution < 1.29 is 5.11 Å². The van der Waals surface area contributed by atoms with Gasteiger partial charge in [-0.3, -0.25) is 0 Å². The summed E-state index contributed by atoms with van der Waals surface area (Å²) in [7, 11) is 0. The normalized spacial score (nSPS) is 10.6. The maximum absolute atomic E-state index is 9.29. The fourth-order valence-corrected chi connectivity index (χ4v) is 1.32. The van der Waals surface area contributed by atoms with E-state index in [-0.39, 0.29) is 5.75 Å². The number of phenolic OH excluding ortho intramolecular Hbond substituents is 1. The number of fused-ring (bicyclic) bond motifs is 1. The first-order valence-corrected chi connectivity index (χ1v) is 3.61. The number of rotatable bonds is 0. The summed E-state index contributed by atoms with van der Waals surface area (Å²) in [6.45, 7) is 0. The van der Waals surface area contributed by atoms with E-state index in [4.69, 9.17) is 11.6 Å². The molecule has 0 saturated carbocycles. The second-order valence-electron chi connectivity index (χ2n) is 2.34. The molecule has 2 rings (SSSR count). The van der Waals surface area contributed by atoms with Crippen molar-refractivity contribution in [3.63, 3.8) is 0 Å². The molecule has 0 aliphatic rings. The molecule has 0 aliphatic carbocycles. The van der Waals surface area contributed by atoms with Crippen LogP contribution in [0, 0.1) is 0 Å². The highest BCUT2D eigenvalue weighted by Crippen LogP contribution is 2.28. The molecule has 0 atom stereocenters. The Morgan fingerprint density at radius 2 is 2.18 bits per heavy atom. The Bertz CT molecular complexity index is 394. The Morgan fingerprint density at radius 3 is 2.91 bits per heavy atom. The number of H-pyrrole nitrogens is 1. The minimum atomic E-state index is 0.231. The van der Waals surface area contributed by atoms with E-state index in [1.807, 2.05) is 6.07 Å². The zero-order chi connectivity index (χ0) is 7.84. The number of hydrogen-bond donors (Lipinski definition) is 2. The van der Waals surface area contributed by atoms with Crippen LogP contribution in [0.5, 0.6) is 5.75 Å². The van der Waals surface area contributed by atoms with Gasteiger partial charge in [0.15, 0.2) is 0 Å². The van der Waals surface area contributed by atoms with Gasteiger partial charge in [-0.05, 0) is 6.07 Å². The van der Waals surface area contributed by atoms with Crippen molar-refractivity contribution in [3.05, 3.63) is 29.4 Å². The highest BCUT2D eigenvalue weighted by molar-refractivity contribution is 6.35. The van der Waals surface area contributed by atoms with Crippen molar-refractivity contribution in [1.82, 2.24) is 4.98 Å². The molecule has 2 N–H and O–H groups in total. The number of para-hydroxylation sites is 1. The molecule has 0 aliphatic heterocycles. The molecule has 3 heteroatoms. The Morgan fingerprint density at radius 1 is 1.36 bits per heavy atom. The summed E-state index contributed by atoms with van der Waals surface area (Å²) >= 11 is 5.80. The molecule has 0 amide bonds. The molecular formula is C8H6ClNO. The minimum absolute atomic E-state index is 0.231. The van der Waals surface area contributed by atoms with Gasteiger partial charge in [-0.1, -0.05) is 23.7 Å². The molecule has 0 radical (unpaired) electrons. The molecule has 1 heterocycles. The summed E-state index contributed by atoms with van der Waals surface area (Å²) in [5.41, 5.74) is 0.692. The van der Waals surface area contributed by atoms with E-state index in [1.54, 1.807) is 18.3 Å². The van der Waals surface area contributed by atoms with E-state index in [0.717, 1.165) is 5.39 Å². The van der Waals surface area contributed by atoms with Crippen LogP contribution in [0.2, 0.25) is 5.02 Å². The molecule has 2 nitrogen and oxygen atoms in total. The summed E-state index contributed by atoms with van der Waals surface area (Å²) in [4.78, 5) is 2.87. The molecule has 1 aromatic carbocycles. The SMILES string of the molecule is Oc1cccc2c(Cl)c[nH]c12. The lowest BCUT2D eigenvalue weighted by Gasteiger charge is -1.92. The number of aromatic hydroxyl groups is 1. The Labute approximate surface area is 68.4 Å². The van der Waals surface area contributed by atoms with Crippen LogP contribution in [0.1, 0.15) is 0 Å². The van der Waals surface area contributed by atoms with Crippen LogP contribution in [0.4, 0.5) is 0 Å². The average Bonchev–Trinajstić information content (AvgIpc) is 2.35. The third-order valence-corrected chi connectivity index (χ3v) is 1.96. The molecule has 0 fully saturated rings. The van der Waals surface area contributed by atoms with Crippen LogP contribution in [-0.2, 0) is 0 Å². The zero-order valence-corrected chi connectivity index (χ0v) is 6.39. The van der Waals surface area contributed by atoms with Gasteiger partial charge in [0.05, 0.1) is 10.5 Å². The summed E-state index contributed by atoms with van der Waals surface area (Å²) in [5, 5.41) is 10.8. The van der Waals surface area contributed by atoms with Gasteiger partial charge in [-0.2, -0.15) is 0 Å². The fourth-order valence-electron chi connectivity index (χ4n) is 1.10. The van der Waals surface area contributed by atoms with Crippen molar-refractivity contribution in [3.8, 4) is 5.75 Å². The second kappa shape index (κ2) is 2.17. The first-order valence-electron chi connectivity index (χ1n) is 3.23. The summed E-state index contributed by atoms with van der Waals surface area (Å²) < 4.78 is 0. The predicted octanol–water partition coefficient (Wildman–Crippen LogP) is 2.53. The van der Waals surface area contributed by atoms with Gasteiger partial charge >= 0.3 is 0 Å². The van der Waals surface area contributed by atoms with E-state index >= 15 is 0 Å². The number of hydrogen-bond acceptors (Lipinski definition) is 1. The Hall–Kier alpha value is -1.15. The van der Waals surface area contributed by atoms with Gasteiger partial charge in [-0.25, -0.2) is 0 Å². The fraction of sp³-hybridized carbons (Fsp3) is 0. The van der Waals surface area contributed by atoms with E-state index in [2.05, 4.69) is 4.98 Å². The lowest BCUT2D eigenvalue weighted by Crippen LogP contribution is -1.67. The topological polar surface area (TPSA) is 36.0 Å². The monoisotopic (exact) mass is 167 g/mol. The Kier molecular flexibility index (Phi) is 1.29. The lowest BCUT2D eigenvalue weighted by atomic mass is 10.2. The van der Waals surface area contributed by atoms with Crippen LogP contribution in [0.15, 0.2) is 24.4 Å². The highest BCUT2D eigenvalue weighted by atomic mass is 35.5. The van der Waals surface area contributed by atoms with Gasteiger partial charge in [0, 0.05) is 11.6 Å². The molecule has 0 bridgehead atoms. The van der Waals surface area contributed by atoms with Crippen molar-refractivity contribution in [2.75, 3.05) is 0 Å². The van der Waals surface area contributed by atoms with E-state index in [0.29, 0.717) is 10.5 Å².